The molecule has 1 aromatic rings. The van der Waals surface area contributed by atoms with E-state index in [-0.39, 0.29) is 22.6 Å². The van der Waals surface area contributed by atoms with Crippen molar-refractivity contribution in [3.8, 4) is 0 Å². The minimum atomic E-state index is -3.65. The average Bonchev–Trinajstić information content (AvgIpc) is 2.32. The van der Waals surface area contributed by atoms with Crippen LogP contribution in [0.15, 0.2) is 27.8 Å². The summed E-state index contributed by atoms with van der Waals surface area (Å²) >= 11 is 3.19. The van der Waals surface area contributed by atoms with Crippen molar-refractivity contribution in [1.29, 1.82) is 0 Å². The van der Waals surface area contributed by atoms with E-state index in [0.29, 0.717) is 17.3 Å². The van der Waals surface area contributed by atoms with Gasteiger partial charge in [0.15, 0.2) is 5.03 Å². The molecule has 0 atom stereocenters. The second-order valence-corrected chi connectivity index (χ2v) is 9.42. The van der Waals surface area contributed by atoms with Gasteiger partial charge in [-0.05, 0) is 40.9 Å². The third-order valence-corrected chi connectivity index (χ3v) is 6.57. The van der Waals surface area contributed by atoms with Crippen LogP contribution in [0.5, 0.6) is 0 Å². The van der Waals surface area contributed by atoms with Crippen molar-refractivity contribution in [2.45, 2.75) is 23.9 Å². The third-order valence-electron chi connectivity index (χ3n) is 2.88. The summed E-state index contributed by atoms with van der Waals surface area (Å²) in [5.74, 6) is 0.488. The molecule has 19 heavy (non-hydrogen) atoms. The van der Waals surface area contributed by atoms with Crippen molar-refractivity contribution in [1.82, 2.24) is 9.71 Å². The molecule has 0 aliphatic carbocycles. The Bertz CT molecular complexity index is 537. The second kappa shape index (κ2) is 5.66. The van der Waals surface area contributed by atoms with Crippen molar-refractivity contribution in [2.75, 3.05) is 11.5 Å². The van der Waals surface area contributed by atoms with E-state index in [0.717, 1.165) is 0 Å². The fourth-order valence-electron chi connectivity index (χ4n) is 1.83. The molecule has 0 bridgehead atoms. The van der Waals surface area contributed by atoms with E-state index < -0.39 is 20.6 Å². The Kier molecular flexibility index (Phi) is 4.53. The highest BCUT2D eigenvalue weighted by Crippen LogP contribution is 2.43. The van der Waals surface area contributed by atoms with Gasteiger partial charge >= 0.3 is 0 Å². The molecule has 1 aromatic heterocycles. The molecule has 0 aromatic carbocycles. The van der Waals surface area contributed by atoms with Crippen molar-refractivity contribution in [3.05, 3.63) is 22.8 Å². The summed E-state index contributed by atoms with van der Waals surface area (Å²) in [6, 6.07) is 2.76. The summed E-state index contributed by atoms with van der Waals surface area (Å²) in [5.41, 5.74) is 0. The van der Waals surface area contributed by atoms with E-state index in [2.05, 4.69) is 25.6 Å². The second-order valence-electron chi connectivity index (χ2n) is 4.42. The van der Waals surface area contributed by atoms with Gasteiger partial charge in [-0.25, -0.2) is 18.1 Å². The van der Waals surface area contributed by atoms with Crippen molar-refractivity contribution in [3.63, 3.8) is 0 Å². The largest absolute Gasteiger partial charge is 0.299 e. The molecule has 0 unspecified atom stereocenters. The zero-order valence-corrected chi connectivity index (χ0v) is 13.2. The first-order valence-electron chi connectivity index (χ1n) is 5.66. The van der Waals surface area contributed by atoms with Crippen LogP contribution in [0, 0.1) is 0 Å². The molecule has 3 N–H and O–H groups in total. The van der Waals surface area contributed by atoms with Gasteiger partial charge in [-0.3, -0.25) is 9.11 Å². The summed E-state index contributed by atoms with van der Waals surface area (Å²) in [6.07, 6.45) is 2.28. The minimum absolute atomic E-state index is 0.0344. The van der Waals surface area contributed by atoms with Crippen LogP contribution in [-0.4, -0.2) is 40.1 Å². The smallest absolute Gasteiger partial charge is 0.258 e. The number of sulfonamides is 1. The van der Waals surface area contributed by atoms with E-state index in [9.17, 15) is 17.5 Å². The van der Waals surface area contributed by atoms with Gasteiger partial charge < -0.3 is 0 Å². The normalized spacial score (nSPS) is 22.1. The number of rotatable bonds is 3. The first-order chi connectivity index (χ1) is 8.78. The Labute approximate surface area is 122 Å². The molecule has 2 heterocycles. The highest BCUT2D eigenvalue weighted by atomic mass is 79.9. The van der Waals surface area contributed by atoms with Gasteiger partial charge in [-0.1, -0.05) is 0 Å². The molecule has 1 aliphatic rings. The molecule has 0 amide bonds. The van der Waals surface area contributed by atoms with Gasteiger partial charge in [-0.2, -0.15) is 10.6 Å². The Morgan fingerprint density at radius 2 is 1.95 bits per heavy atom. The molecule has 9 heteroatoms. The Hall–Kier alpha value is -0.190. The van der Waals surface area contributed by atoms with Gasteiger partial charge in [0, 0.05) is 28.2 Å². The Morgan fingerprint density at radius 1 is 1.32 bits per heavy atom. The SMILES string of the molecule is O=S(=O)(NC1CCS(O)(O)CC1)c1ccc(Br)cn1. The lowest BCUT2D eigenvalue weighted by Gasteiger charge is -2.39. The average molecular weight is 371 g/mol. The summed E-state index contributed by atoms with van der Waals surface area (Å²) < 4.78 is 46.4. The molecule has 1 saturated heterocycles. The van der Waals surface area contributed by atoms with Crippen molar-refractivity contribution < 1.29 is 17.5 Å². The molecule has 1 fully saturated rings. The number of pyridine rings is 1. The van der Waals surface area contributed by atoms with Crippen LogP contribution in [0.25, 0.3) is 0 Å². The van der Waals surface area contributed by atoms with Crippen LogP contribution in [-0.2, 0) is 10.0 Å². The van der Waals surface area contributed by atoms with Crippen LogP contribution in [0.3, 0.4) is 0 Å². The van der Waals surface area contributed by atoms with E-state index in [4.69, 9.17) is 0 Å². The lowest BCUT2D eigenvalue weighted by atomic mass is 10.2. The van der Waals surface area contributed by atoms with E-state index in [1.165, 1.54) is 12.3 Å². The zero-order chi connectivity index (χ0) is 14.1. The monoisotopic (exact) mass is 370 g/mol. The van der Waals surface area contributed by atoms with Crippen LogP contribution >= 0.6 is 26.5 Å². The van der Waals surface area contributed by atoms with E-state index in [1.807, 2.05) is 0 Å². The summed E-state index contributed by atoms with van der Waals surface area (Å²) in [7, 11) is -6.15. The maximum Gasteiger partial charge on any atom is 0.258 e. The maximum absolute atomic E-state index is 12.1. The lowest BCUT2D eigenvalue weighted by molar-refractivity contribution is 0.444. The van der Waals surface area contributed by atoms with Crippen molar-refractivity contribution >= 4 is 36.5 Å². The standard InChI is InChI=1S/C10H15BrN2O4S2/c11-8-1-2-10(12-7-8)19(16,17)13-9-3-5-18(14,15)6-4-9/h1-2,7,9,13-15H,3-6H2. The molecule has 0 radical (unpaired) electrons. The molecular formula is C10H15BrN2O4S2. The molecule has 0 saturated carbocycles. The van der Waals surface area contributed by atoms with Crippen molar-refractivity contribution in [2.24, 2.45) is 0 Å². The summed E-state index contributed by atoms with van der Waals surface area (Å²) in [6.45, 7) is 0. The Morgan fingerprint density at radius 3 is 2.47 bits per heavy atom. The summed E-state index contributed by atoms with van der Waals surface area (Å²) in [4.78, 5) is 3.85. The topological polar surface area (TPSA) is 99.5 Å². The molecule has 108 valence electrons. The Balaban J connectivity index is 2.04. The van der Waals surface area contributed by atoms with Gasteiger partial charge in [0.05, 0.1) is 0 Å². The highest BCUT2D eigenvalue weighted by Gasteiger charge is 2.28. The number of aromatic nitrogens is 1. The first-order valence-corrected chi connectivity index (χ1v) is 9.82. The highest BCUT2D eigenvalue weighted by molar-refractivity contribution is 9.10. The lowest BCUT2D eigenvalue weighted by Crippen LogP contribution is -2.40. The van der Waals surface area contributed by atoms with Gasteiger partial charge in [0.25, 0.3) is 10.0 Å². The maximum atomic E-state index is 12.1. The van der Waals surface area contributed by atoms with E-state index >= 15 is 0 Å². The summed E-state index contributed by atoms with van der Waals surface area (Å²) in [5, 5.41) is -0.0344. The fraction of sp³-hybridized carbons (Fsp3) is 0.500. The predicted molar refractivity (Wildman–Crippen MR) is 77.9 cm³/mol. The van der Waals surface area contributed by atoms with Gasteiger partial charge in [-0.15, -0.1) is 0 Å². The molecule has 0 spiro atoms. The number of nitrogens with one attached hydrogen (secondary N) is 1. The molecule has 6 nitrogen and oxygen atoms in total. The quantitative estimate of drug-likeness (QED) is 0.755. The van der Waals surface area contributed by atoms with Crippen LogP contribution in [0.2, 0.25) is 0 Å². The minimum Gasteiger partial charge on any atom is -0.299 e. The van der Waals surface area contributed by atoms with Crippen LogP contribution < -0.4 is 4.72 Å². The molecule has 2 rings (SSSR count). The van der Waals surface area contributed by atoms with Crippen LogP contribution in [0.4, 0.5) is 0 Å². The van der Waals surface area contributed by atoms with Gasteiger partial charge in [0.2, 0.25) is 0 Å². The zero-order valence-electron chi connectivity index (χ0n) is 9.99. The third kappa shape index (κ3) is 4.14. The predicted octanol–water partition coefficient (Wildman–Crippen LogP) is 2.04. The number of hydrogen-bond donors (Lipinski definition) is 3. The first kappa shape index (κ1) is 15.2. The molecular weight excluding hydrogens is 356 g/mol. The van der Waals surface area contributed by atoms with Gasteiger partial charge in [0.1, 0.15) is 0 Å². The number of nitrogens with zero attached hydrogens (tertiary/aromatic N) is 1. The fourth-order valence-corrected chi connectivity index (χ4v) is 4.82. The molecule has 1 aliphatic heterocycles. The van der Waals surface area contributed by atoms with Crippen LogP contribution in [0.1, 0.15) is 12.8 Å². The number of hydrogen-bond acceptors (Lipinski definition) is 5. The van der Waals surface area contributed by atoms with E-state index in [1.54, 1.807) is 6.07 Å². The number of halogens is 1.